The number of carbonyl (C=O) groups is 1. The molecule has 3 aliphatic heterocycles. The van der Waals surface area contributed by atoms with Crippen molar-refractivity contribution in [2.45, 2.75) is 38.3 Å². The van der Waals surface area contributed by atoms with Crippen molar-refractivity contribution in [2.24, 2.45) is 16.6 Å². The molecule has 186 valence electrons. The second kappa shape index (κ2) is 8.77. The summed E-state index contributed by atoms with van der Waals surface area (Å²) in [5, 5.41) is 0. The number of benzene rings is 1. The fourth-order valence-electron chi connectivity index (χ4n) is 5.43. The van der Waals surface area contributed by atoms with E-state index in [1.807, 2.05) is 17.2 Å². The standard InChI is InChI=1S/C26H24F3N5O2/c27-16-5-8-21-19(9-16)32-26(30)22-10-33(13-34(21)22)23-12-36-11-20-17(23)6-7-18(31-20)24(35)14-1-3-15(4-2-14)25(28)29/h5-10,14,23H,1-4,11-13H2,(H2,30,32). The molecule has 4 heterocycles. The Morgan fingerprint density at radius 2 is 1.94 bits per heavy atom. The number of ether oxygens (including phenoxy) is 1. The first-order valence-electron chi connectivity index (χ1n) is 11.9. The Morgan fingerprint density at radius 3 is 2.72 bits per heavy atom. The second-order valence-corrected chi connectivity index (χ2v) is 9.49. The van der Waals surface area contributed by atoms with Gasteiger partial charge in [0.05, 0.1) is 43.0 Å². The average Bonchev–Trinajstić information content (AvgIpc) is 3.33. The van der Waals surface area contributed by atoms with Crippen molar-refractivity contribution >= 4 is 23.0 Å². The molecule has 7 nitrogen and oxygen atoms in total. The number of nitrogens with two attached hydrogens (primary N) is 1. The molecule has 2 N–H and O–H groups in total. The van der Waals surface area contributed by atoms with Crippen molar-refractivity contribution in [1.82, 2.24) is 9.88 Å². The maximum absolute atomic E-state index is 13.7. The zero-order valence-corrected chi connectivity index (χ0v) is 19.4. The van der Waals surface area contributed by atoms with Crippen LogP contribution in [0, 0.1) is 11.7 Å². The zero-order chi connectivity index (χ0) is 25.0. The monoisotopic (exact) mass is 495 g/mol. The van der Waals surface area contributed by atoms with Crippen LogP contribution < -0.4 is 10.6 Å². The van der Waals surface area contributed by atoms with Crippen molar-refractivity contribution in [3.8, 4) is 0 Å². The highest BCUT2D eigenvalue weighted by molar-refractivity contribution is 6.06. The molecule has 1 saturated carbocycles. The van der Waals surface area contributed by atoms with Crippen LogP contribution in [0.2, 0.25) is 0 Å². The molecule has 0 bridgehead atoms. The maximum atomic E-state index is 13.7. The lowest BCUT2D eigenvalue weighted by Gasteiger charge is -2.34. The third-order valence-corrected chi connectivity index (χ3v) is 7.38. The van der Waals surface area contributed by atoms with Gasteiger partial charge in [-0.3, -0.25) is 4.79 Å². The number of rotatable bonds is 3. The van der Waals surface area contributed by atoms with Gasteiger partial charge < -0.3 is 20.3 Å². The fraction of sp³-hybridized carbons (Fsp3) is 0.346. The predicted molar refractivity (Wildman–Crippen MR) is 127 cm³/mol. The molecule has 1 aromatic carbocycles. The Bertz CT molecular complexity index is 1340. The molecule has 1 aliphatic carbocycles. The first-order valence-corrected chi connectivity index (χ1v) is 11.9. The first-order chi connectivity index (χ1) is 17.4. The van der Waals surface area contributed by atoms with Gasteiger partial charge in [-0.1, -0.05) is 6.07 Å². The lowest BCUT2D eigenvalue weighted by molar-refractivity contribution is 0.0491. The first kappa shape index (κ1) is 22.8. The molecule has 2 aromatic rings. The normalized spacial score (nSPS) is 22.9. The number of halogens is 3. The second-order valence-electron chi connectivity index (χ2n) is 9.49. The minimum atomic E-state index is -1.62. The number of aliphatic imine (C=N–C) groups is 1. The number of hydrogen-bond donors (Lipinski definition) is 1. The van der Waals surface area contributed by atoms with Crippen LogP contribution in [0.15, 0.2) is 58.9 Å². The van der Waals surface area contributed by atoms with Gasteiger partial charge in [0.2, 0.25) is 0 Å². The van der Waals surface area contributed by atoms with E-state index >= 15 is 0 Å². The molecule has 4 aliphatic rings. The summed E-state index contributed by atoms with van der Waals surface area (Å²) in [6.07, 6.45) is 1.62. The predicted octanol–water partition coefficient (Wildman–Crippen LogP) is 4.94. The van der Waals surface area contributed by atoms with Crippen molar-refractivity contribution in [2.75, 3.05) is 18.2 Å². The van der Waals surface area contributed by atoms with E-state index in [1.54, 1.807) is 12.1 Å². The Labute approximate surface area is 205 Å². The van der Waals surface area contributed by atoms with Gasteiger partial charge in [0.1, 0.15) is 23.0 Å². The molecule has 0 saturated heterocycles. The summed E-state index contributed by atoms with van der Waals surface area (Å²) < 4.78 is 45.3. The SMILES string of the molecule is NC1=Nc2cc(F)ccc2N2CN(C3COCc4nc(C(=O)C5CCC(=C(F)F)CC5)ccc43)C=C12. The quantitative estimate of drug-likeness (QED) is 0.608. The van der Waals surface area contributed by atoms with Gasteiger partial charge in [0.25, 0.3) is 6.08 Å². The third kappa shape index (κ3) is 3.85. The number of aromatic nitrogens is 1. The number of ketones is 1. The number of Topliss-reactive ketones (excluding diaryl/α,β-unsaturated/α-hetero) is 1. The Hall–Kier alpha value is -3.66. The smallest absolute Gasteiger partial charge is 0.269 e. The minimum absolute atomic E-state index is 0.105. The highest BCUT2D eigenvalue weighted by atomic mass is 19.3. The summed E-state index contributed by atoms with van der Waals surface area (Å²) in [7, 11) is 0. The number of fused-ring (bicyclic) bond motifs is 4. The van der Waals surface area contributed by atoms with E-state index in [0.29, 0.717) is 49.0 Å². The molecule has 6 rings (SSSR count). The van der Waals surface area contributed by atoms with Gasteiger partial charge in [-0.25, -0.2) is 14.4 Å². The van der Waals surface area contributed by atoms with Crippen LogP contribution in [0.25, 0.3) is 0 Å². The largest absolute Gasteiger partial charge is 0.382 e. The average molecular weight is 496 g/mol. The van der Waals surface area contributed by atoms with E-state index in [4.69, 9.17) is 10.5 Å². The molecular formula is C26H24F3N5O2. The molecule has 0 spiro atoms. The summed E-state index contributed by atoms with van der Waals surface area (Å²) in [6.45, 7) is 1.19. The summed E-state index contributed by atoms with van der Waals surface area (Å²) in [6, 6.07) is 7.93. The van der Waals surface area contributed by atoms with E-state index < -0.39 is 6.08 Å². The maximum Gasteiger partial charge on any atom is 0.269 e. The topological polar surface area (TPSA) is 84.1 Å². The number of amidine groups is 1. The van der Waals surface area contributed by atoms with E-state index in [-0.39, 0.29) is 48.6 Å². The number of nitrogens with zero attached hydrogens (tertiary/aromatic N) is 4. The van der Waals surface area contributed by atoms with Gasteiger partial charge in [-0.05, 0) is 49.5 Å². The fourth-order valence-corrected chi connectivity index (χ4v) is 5.43. The lowest BCUT2D eigenvalue weighted by atomic mass is 9.82. The number of hydrogen-bond acceptors (Lipinski definition) is 7. The summed E-state index contributed by atoms with van der Waals surface area (Å²) >= 11 is 0. The van der Waals surface area contributed by atoms with Crippen molar-refractivity contribution in [3.63, 3.8) is 0 Å². The Kier molecular flexibility index (Phi) is 5.55. The Balaban J connectivity index is 1.23. The van der Waals surface area contributed by atoms with Gasteiger partial charge in [-0.2, -0.15) is 8.78 Å². The van der Waals surface area contributed by atoms with E-state index in [0.717, 1.165) is 16.9 Å². The molecular weight excluding hydrogens is 471 g/mol. The summed E-state index contributed by atoms with van der Waals surface area (Å²) in [5.74, 6) is -0.471. The van der Waals surface area contributed by atoms with E-state index in [9.17, 15) is 18.0 Å². The van der Waals surface area contributed by atoms with Crippen LogP contribution >= 0.6 is 0 Å². The zero-order valence-electron chi connectivity index (χ0n) is 19.4. The highest BCUT2D eigenvalue weighted by Crippen LogP contribution is 2.41. The van der Waals surface area contributed by atoms with Crippen molar-refractivity contribution < 1.29 is 22.7 Å². The van der Waals surface area contributed by atoms with E-state index in [1.165, 1.54) is 12.1 Å². The number of allylic oxidation sites excluding steroid dienone is 1. The molecule has 0 amide bonds. The van der Waals surface area contributed by atoms with Crippen LogP contribution in [0.3, 0.4) is 0 Å². The number of carbonyl (C=O) groups excluding carboxylic acids is 1. The van der Waals surface area contributed by atoms with Gasteiger partial charge in [0.15, 0.2) is 5.78 Å². The number of pyridine rings is 1. The van der Waals surface area contributed by atoms with Crippen LogP contribution in [0.1, 0.15) is 53.5 Å². The minimum Gasteiger partial charge on any atom is -0.382 e. The molecule has 1 unspecified atom stereocenters. The molecule has 1 aromatic heterocycles. The van der Waals surface area contributed by atoms with Crippen LogP contribution in [-0.4, -0.2) is 34.8 Å². The molecule has 10 heteroatoms. The van der Waals surface area contributed by atoms with Crippen LogP contribution in [-0.2, 0) is 11.3 Å². The van der Waals surface area contributed by atoms with Gasteiger partial charge in [0, 0.05) is 23.7 Å². The third-order valence-electron chi connectivity index (χ3n) is 7.38. The molecule has 1 fully saturated rings. The lowest BCUT2D eigenvalue weighted by Crippen LogP contribution is -2.36. The Morgan fingerprint density at radius 1 is 1.14 bits per heavy atom. The number of anilines is 1. The summed E-state index contributed by atoms with van der Waals surface area (Å²) in [5.41, 5.74) is 10.3. The van der Waals surface area contributed by atoms with Gasteiger partial charge in [-0.15, -0.1) is 0 Å². The van der Waals surface area contributed by atoms with E-state index in [2.05, 4.69) is 14.9 Å². The van der Waals surface area contributed by atoms with Crippen LogP contribution in [0.5, 0.6) is 0 Å². The van der Waals surface area contributed by atoms with Crippen molar-refractivity contribution in [1.29, 1.82) is 0 Å². The summed E-state index contributed by atoms with van der Waals surface area (Å²) in [4.78, 5) is 26.1. The van der Waals surface area contributed by atoms with Crippen molar-refractivity contribution in [3.05, 3.63) is 76.7 Å². The molecule has 0 radical (unpaired) electrons. The molecule has 1 atom stereocenters. The van der Waals surface area contributed by atoms with Crippen LogP contribution in [0.4, 0.5) is 24.5 Å². The van der Waals surface area contributed by atoms with Gasteiger partial charge >= 0.3 is 0 Å². The highest BCUT2D eigenvalue weighted by Gasteiger charge is 2.36. The molecule has 36 heavy (non-hydrogen) atoms.